The third-order valence-electron chi connectivity index (χ3n) is 3.56. The van der Waals surface area contributed by atoms with Crippen molar-refractivity contribution in [2.75, 3.05) is 13.1 Å². The standard InChI is InChI=1S/C15H23ClN2/c1-12(2)17-10-15-4-3-9-18(15)11-13-5-7-14(16)8-6-13/h5-8,12,15,17H,3-4,9-11H2,1-2H3. The first-order valence-electron chi connectivity index (χ1n) is 6.87. The van der Waals surface area contributed by atoms with Crippen molar-refractivity contribution in [1.29, 1.82) is 0 Å². The normalized spacial score (nSPS) is 20.8. The molecule has 2 nitrogen and oxygen atoms in total. The second kappa shape index (κ2) is 6.55. The monoisotopic (exact) mass is 266 g/mol. The van der Waals surface area contributed by atoms with Gasteiger partial charge in [-0.2, -0.15) is 0 Å². The number of hydrogen-bond acceptors (Lipinski definition) is 2. The highest BCUT2D eigenvalue weighted by molar-refractivity contribution is 6.30. The van der Waals surface area contributed by atoms with E-state index in [4.69, 9.17) is 11.6 Å². The zero-order valence-corrected chi connectivity index (χ0v) is 12.1. The fourth-order valence-corrected chi connectivity index (χ4v) is 2.66. The number of nitrogens with one attached hydrogen (secondary N) is 1. The highest BCUT2D eigenvalue weighted by Crippen LogP contribution is 2.20. The zero-order valence-electron chi connectivity index (χ0n) is 11.3. The van der Waals surface area contributed by atoms with Gasteiger partial charge in [-0.1, -0.05) is 37.6 Å². The molecule has 0 aromatic heterocycles. The Balaban J connectivity index is 1.89. The predicted octanol–water partition coefficient (Wildman–Crippen LogP) is 3.30. The number of hydrogen-bond donors (Lipinski definition) is 1. The van der Waals surface area contributed by atoms with Crippen LogP contribution >= 0.6 is 11.6 Å². The van der Waals surface area contributed by atoms with Crippen molar-refractivity contribution in [1.82, 2.24) is 10.2 Å². The van der Waals surface area contributed by atoms with E-state index in [-0.39, 0.29) is 0 Å². The van der Waals surface area contributed by atoms with Gasteiger partial charge in [0.1, 0.15) is 0 Å². The largest absolute Gasteiger partial charge is 0.313 e. The SMILES string of the molecule is CC(C)NCC1CCCN1Cc1ccc(Cl)cc1. The van der Waals surface area contributed by atoms with Crippen molar-refractivity contribution in [2.24, 2.45) is 0 Å². The van der Waals surface area contributed by atoms with Gasteiger partial charge in [-0.05, 0) is 37.1 Å². The van der Waals surface area contributed by atoms with Gasteiger partial charge in [0.15, 0.2) is 0 Å². The molecule has 100 valence electrons. The van der Waals surface area contributed by atoms with Gasteiger partial charge in [-0.15, -0.1) is 0 Å². The van der Waals surface area contributed by atoms with Crippen LogP contribution in [0.2, 0.25) is 5.02 Å². The Kier molecular flexibility index (Phi) is 5.04. The van der Waals surface area contributed by atoms with E-state index in [1.807, 2.05) is 12.1 Å². The molecule has 3 heteroatoms. The maximum atomic E-state index is 5.92. The van der Waals surface area contributed by atoms with Crippen LogP contribution in [0.4, 0.5) is 0 Å². The van der Waals surface area contributed by atoms with Crippen LogP contribution in [0.5, 0.6) is 0 Å². The molecule has 0 amide bonds. The Hall–Kier alpha value is -0.570. The van der Waals surface area contributed by atoms with Gasteiger partial charge in [0.05, 0.1) is 0 Å². The average Bonchev–Trinajstić information content (AvgIpc) is 2.77. The molecule has 0 saturated carbocycles. The lowest BCUT2D eigenvalue weighted by molar-refractivity contribution is 0.236. The van der Waals surface area contributed by atoms with E-state index in [2.05, 4.69) is 36.2 Å². The first-order chi connectivity index (χ1) is 8.65. The van der Waals surface area contributed by atoms with Crippen LogP contribution in [0.1, 0.15) is 32.3 Å². The number of halogens is 1. The van der Waals surface area contributed by atoms with Gasteiger partial charge in [0.2, 0.25) is 0 Å². The molecule has 18 heavy (non-hydrogen) atoms. The molecule has 1 saturated heterocycles. The summed E-state index contributed by atoms with van der Waals surface area (Å²) in [6.07, 6.45) is 2.63. The molecule has 0 spiro atoms. The van der Waals surface area contributed by atoms with Crippen molar-refractivity contribution in [3.05, 3.63) is 34.9 Å². The maximum absolute atomic E-state index is 5.92. The molecule has 1 unspecified atom stereocenters. The Bertz CT molecular complexity index is 361. The van der Waals surface area contributed by atoms with Crippen LogP contribution in [0.3, 0.4) is 0 Å². The van der Waals surface area contributed by atoms with E-state index in [1.165, 1.54) is 24.9 Å². The summed E-state index contributed by atoms with van der Waals surface area (Å²) < 4.78 is 0. The molecule has 2 rings (SSSR count). The second-order valence-corrected chi connectivity index (χ2v) is 5.89. The summed E-state index contributed by atoms with van der Waals surface area (Å²) in [4.78, 5) is 2.58. The van der Waals surface area contributed by atoms with Crippen LogP contribution in [0.15, 0.2) is 24.3 Å². The number of benzene rings is 1. The third-order valence-corrected chi connectivity index (χ3v) is 3.81. The summed E-state index contributed by atoms with van der Waals surface area (Å²) in [5, 5.41) is 4.37. The van der Waals surface area contributed by atoms with Crippen molar-refractivity contribution in [2.45, 2.75) is 45.3 Å². The molecule has 1 atom stereocenters. The Labute approximate surface area is 115 Å². The topological polar surface area (TPSA) is 15.3 Å². The first kappa shape index (κ1) is 13.9. The summed E-state index contributed by atoms with van der Waals surface area (Å²) in [6, 6.07) is 9.48. The highest BCUT2D eigenvalue weighted by Gasteiger charge is 2.24. The molecular weight excluding hydrogens is 244 g/mol. The summed E-state index contributed by atoms with van der Waals surface area (Å²) in [5.41, 5.74) is 1.36. The minimum Gasteiger partial charge on any atom is -0.313 e. The van der Waals surface area contributed by atoms with Crippen LogP contribution in [0.25, 0.3) is 0 Å². The summed E-state index contributed by atoms with van der Waals surface area (Å²) >= 11 is 5.92. The summed E-state index contributed by atoms with van der Waals surface area (Å²) in [7, 11) is 0. The molecule has 1 N–H and O–H groups in total. The van der Waals surface area contributed by atoms with Crippen LogP contribution in [-0.2, 0) is 6.54 Å². The molecule has 1 aliphatic heterocycles. The Morgan fingerprint density at radius 3 is 2.72 bits per heavy atom. The predicted molar refractivity (Wildman–Crippen MR) is 78.0 cm³/mol. The van der Waals surface area contributed by atoms with Crippen LogP contribution in [0, 0.1) is 0 Å². The summed E-state index contributed by atoms with van der Waals surface area (Å²) in [6.45, 7) is 7.77. The molecule has 1 aliphatic rings. The lowest BCUT2D eigenvalue weighted by Gasteiger charge is -2.25. The van der Waals surface area contributed by atoms with E-state index < -0.39 is 0 Å². The lowest BCUT2D eigenvalue weighted by Crippen LogP contribution is -2.39. The van der Waals surface area contributed by atoms with Gasteiger partial charge in [-0.25, -0.2) is 0 Å². The molecule has 1 fully saturated rings. The van der Waals surface area contributed by atoms with Gasteiger partial charge >= 0.3 is 0 Å². The van der Waals surface area contributed by atoms with Crippen molar-refractivity contribution < 1.29 is 0 Å². The van der Waals surface area contributed by atoms with Gasteiger partial charge in [-0.3, -0.25) is 4.90 Å². The molecule has 1 aromatic carbocycles. The van der Waals surface area contributed by atoms with Gasteiger partial charge in [0, 0.05) is 30.2 Å². The molecule has 1 aromatic rings. The number of likely N-dealkylation sites (tertiary alicyclic amines) is 1. The molecule has 1 heterocycles. The second-order valence-electron chi connectivity index (χ2n) is 5.46. The molecule has 0 aliphatic carbocycles. The van der Waals surface area contributed by atoms with Crippen LogP contribution in [-0.4, -0.2) is 30.1 Å². The van der Waals surface area contributed by atoms with Crippen molar-refractivity contribution in [3.63, 3.8) is 0 Å². The highest BCUT2D eigenvalue weighted by atomic mass is 35.5. The zero-order chi connectivity index (χ0) is 13.0. The van der Waals surface area contributed by atoms with Gasteiger partial charge in [0.25, 0.3) is 0 Å². The Morgan fingerprint density at radius 2 is 2.06 bits per heavy atom. The minimum atomic E-state index is 0.572. The van der Waals surface area contributed by atoms with E-state index >= 15 is 0 Å². The smallest absolute Gasteiger partial charge is 0.0406 e. The van der Waals surface area contributed by atoms with Crippen molar-refractivity contribution >= 4 is 11.6 Å². The van der Waals surface area contributed by atoms with Crippen LogP contribution < -0.4 is 5.32 Å². The number of rotatable bonds is 5. The lowest BCUT2D eigenvalue weighted by atomic mass is 10.1. The molecular formula is C15H23ClN2. The minimum absolute atomic E-state index is 0.572. The average molecular weight is 267 g/mol. The first-order valence-corrected chi connectivity index (χ1v) is 7.25. The van der Waals surface area contributed by atoms with Gasteiger partial charge < -0.3 is 5.32 Å². The molecule has 0 bridgehead atoms. The van der Waals surface area contributed by atoms with E-state index in [9.17, 15) is 0 Å². The van der Waals surface area contributed by atoms with E-state index in [0.29, 0.717) is 12.1 Å². The fraction of sp³-hybridized carbons (Fsp3) is 0.600. The quantitative estimate of drug-likeness (QED) is 0.880. The third kappa shape index (κ3) is 3.98. The summed E-state index contributed by atoms with van der Waals surface area (Å²) in [5.74, 6) is 0. The van der Waals surface area contributed by atoms with E-state index in [1.54, 1.807) is 0 Å². The molecule has 0 radical (unpaired) electrons. The number of nitrogens with zero attached hydrogens (tertiary/aromatic N) is 1. The Morgan fingerprint density at radius 1 is 1.33 bits per heavy atom. The maximum Gasteiger partial charge on any atom is 0.0406 e. The van der Waals surface area contributed by atoms with E-state index in [0.717, 1.165) is 18.1 Å². The van der Waals surface area contributed by atoms with Crippen molar-refractivity contribution in [3.8, 4) is 0 Å². The fourth-order valence-electron chi connectivity index (χ4n) is 2.53.